The number of urea groups is 1. The summed E-state index contributed by atoms with van der Waals surface area (Å²) in [6.45, 7) is 8.24. The third-order valence-electron chi connectivity index (χ3n) is 5.78. The predicted molar refractivity (Wildman–Crippen MR) is 108 cm³/mol. The molecular weight excluding hydrogens is 340 g/mol. The maximum atomic E-state index is 12.9. The van der Waals surface area contributed by atoms with Crippen LogP contribution in [0.3, 0.4) is 0 Å². The Balaban J connectivity index is 1.52. The van der Waals surface area contributed by atoms with Crippen molar-refractivity contribution < 1.29 is 9.53 Å². The molecule has 150 valence electrons. The molecule has 2 heterocycles. The minimum absolute atomic E-state index is 0.0778. The number of hydrogen-bond donors (Lipinski definition) is 1. The van der Waals surface area contributed by atoms with E-state index >= 15 is 0 Å². The molecule has 0 aromatic heterocycles. The van der Waals surface area contributed by atoms with Crippen LogP contribution in [0.2, 0.25) is 0 Å². The van der Waals surface area contributed by atoms with Crippen molar-refractivity contribution in [2.24, 2.45) is 0 Å². The van der Waals surface area contributed by atoms with Gasteiger partial charge < -0.3 is 19.9 Å². The van der Waals surface area contributed by atoms with Crippen molar-refractivity contribution in [1.82, 2.24) is 20.0 Å². The number of methoxy groups -OCH3 is 1. The van der Waals surface area contributed by atoms with Gasteiger partial charge in [-0.1, -0.05) is 18.2 Å². The van der Waals surface area contributed by atoms with Gasteiger partial charge in [0.2, 0.25) is 0 Å². The number of nitrogens with zero attached hydrogens (tertiary/aromatic N) is 3. The van der Waals surface area contributed by atoms with Gasteiger partial charge in [-0.25, -0.2) is 4.79 Å². The molecule has 0 spiro atoms. The van der Waals surface area contributed by atoms with Gasteiger partial charge in [0, 0.05) is 51.4 Å². The van der Waals surface area contributed by atoms with Gasteiger partial charge in [0.05, 0.1) is 7.11 Å². The first kappa shape index (κ1) is 20.0. The lowest BCUT2D eigenvalue weighted by Crippen LogP contribution is -2.52. The van der Waals surface area contributed by atoms with Crippen LogP contribution in [0.5, 0.6) is 5.75 Å². The molecule has 6 heteroatoms. The van der Waals surface area contributed by atoms with Crippen LogP contribution < -0.4 is 10.1 Å². The summed E-state index contributed by atoms with van der Waals surface area (Å²) in [5.74, 6) is 0.910. The molecule has 2 amide bonds. The highest BCUT2D eigenvalue weighted by atomic mass is 16.5. The van der Waals surface area contributed by atoms with Crippen LogP contribution in [0.1, 0.15) is 25.3 Å². The Morgan fingerprint density at radius 3 is 2.70 bits per heavy atom. The second-order valence-electron chi connectivity index (χ2n) is 7.96. The fraction of sp³-hybridized carbons (Fsp3) is 0.667. The monoisotopic (exact) mass is 374 g/mol. The summed E-state index contributed by atoms with van der Waals surface area (Å²) >= 11 is 0. The molecular formula is C21H34N4O2. The molecule has 2 fully saturated rings. The summed E-state index contributed by atoms with van der Waals surface area (Å²) in [5.41, 5.74) is 1.18. The molecule has 6 nitrogen and oxygen atoms in total. The molecule has 0 radical (unpaired) electrons. The Hall–Kier alpha value is -1.79. The molecule has 27 heavy (non-hydrogen) atoms. The normalized spacial score (nSPS) is 22.6. The molecule has 2 saturated heterocycles. The van der Waals surface area contributed by atoms with Crippen LogP contribution in [0.15, 0.2) is 24.3 Å². The number of carbonyl (C=O) groups is 1. The number of benzene rings is 1. The number of piperazine rings is 1. The van der Waals surface area contributed by atoms with E-state index < -0.39 is 0 Å². The number of para-hydroxylation sites is 1. The molecule has 3 rings (SSSR count). The summed E-state index contributed by atoms with van der Waals surface area (Å²) in [6, 6.07) is 8.60. The van der Waals surface area contributed by atoms with Gasteiger partial charge in [-0.15, -0.1) is 0 Å². The number of nitrogens with one attached hydrogen (secondary N) is 1. The Morgan fingerprint density at radius 1 is 1.22 bits per heavy atom. The van der Waals surface area contributed by atoms with Crippen molar-refractivity contribution in [2.75, 3.05) is 53.4 Å². The maximum absolute atomic E-state index is 12.9. The van der Waals surface area contributed by atoms with Crippen LogP contribution >= 0.6 is 0 Å². The number of rotatable bonds is 6. The van der Waals surface area contributed by atoms with Crippen LogP contribution in [0.25, 0.3) is 0 Å². The molecule has 0 bridgehead atoms. The minimum Gasteiger partial charge on any atom is -0.496 e. The lowest BCUT2D eigenvalue weighted by molar-refractivity contribution is 0.141. The third-order valence-corrected chi connectivity index (χ3v) is 5.78. The SMILES string of the molecule is COc1ccccc1CC1CCCN1C(=O)NC(C)CN1CCN(C)CC1. The quantitative estimate of drug-likeness (QED) is 0.828. The van der Waals surface area contributed by atoms with Crippen LogP contribution in [0.4, 0.5) is 4.79 Å². The molecule has 1 aromatic carbocycles. The Labute approximate surface area is 163 Å². The standard InChI is InChI=1S/C21H34N4O2/c1-17(16-24-13-11-23(2)12-14-24)22-21(26)25-10-6-8-19(25)15-18-7-4-5-9-20(18)27-3/h4-5,7,9,17,19H,6,8,10-16H2,1-3H3,(H,22,26). The van der Waals surface area contributed by atoms with E-state index in [2.05, 4.69) is 35.2 Å². The van der Waals surface area contributed by atoms with Gasteiger partial charge in [0.25, 0.3) is 0 Å². The van der Waals surface area contributed by atoms with Crippen LogP contribution in [0, 0.1) is 0 Å². The number of likely N-dealkylation sites (N-methyl/N-ethyl adjacent to an activating group) is 1. The number of hydrogen-bond acceptors (Lipinski definition) is 4. The van der Waals surface area contributed by atoms with Crippen molar-refractivity contribution >= 4 is 6.03 Å². The highest BCUT2D eigenvalue weighted by Gasteiger charge is 2.30. The first-order valence-corrected chi connectivity index (χ1v) is 10.2. The average molecular weight is 375 g/mol. The van der Waals surface area contributed by atoms with Gasteiger partial charge in [0.1, 0.15) is 5.75 Å². The molecule has 2 aliphatic heterocycles. The fourth-order valence-corrected chi connectivity index (χ4v) is 4.20. The number of likely N-dealkylation sites (tertiary alicyclic amines) is 1. The molecule has 2 aliphatic rings. The van der Waals surface area contributed by atoms with Crippen molar-refractivity contribution in [3.8, 4) is 5.75 Å². The van der Waals surface area contributed by atoms with Crippen molar-refractivity contribution in [1.29, 1.82) is 0 Å². The predicted octanol–water partition coefficient (Wildman–Crippen LogP) is 2.05. The van der Waals surface area contributed by atoms with Gasteiger partial charge >= 0.3 is 6.03 Å². The molecule has 0 aliphatic carbocycles. The van der Waals surface area contributed by atoms with E-state index in [1.165, 1.54) is 5.56 Å². The summed E-state index contributed by atoms with van der Waals surface area (Å²) in [6.07, 6.45) is 2.97. The Morgan fingerprint density at radius 2 is 1.96 bits per heavy atom. The van der Waals surface area contributed by atoms with Gasteiger partial charge in [-0.3, -0.25) is 4.90 Å². The van der Waals surface area contributed by atoms with E-state index in [9.17, 15) is 4.79 Å². The zero-order chi connectivity index (χ0) is 19.2. The molecule has 1 aromatic rings. The third kappa shape index (κ3) is 5.36. The Bertz CT molecular complexity index is 616. The van der Waals surface area contributed by atoms with Crippen molar-refractivity contribution in [3.63, 3.8) is 0 Å². The van der Waals surface area contributed by atoms with Crippen molar-refractivity contribution in [2.45, 2.75) is 38.3 Å². The van der Waals surface area contributed by atoms with E-state index in [1.54, 1.807) is 7.11 Å². The number of amides is 2. The van der Waals surface area contributed by atoms with Crippen molar-refractivity contribution in [3.05, 3.63) is 29.8 Å². The van der Waals surface area contributed by atoms with E-state index in [0.717, 1.165) is 64.3 Å². The topological polar surface area (TPSA) is 48.1 Å². The lowest BCUT2D eigenvalue weighted by Gasteiger charge is -2.34. The maximum Gasteiger partial charge on any atom is 0.317 e. The molecule has 2 unspecified atom stereocenters. The highest BCUT2D eigenvalue weighted by Crippen LogP contribution is 2.26. The number of ether oxygens (including phenoxy) is 1. The van der Waals surface area contributed by atoms with E-state index in [0.29, 0.717) is 0 Å². The smallest absolute Gasteiger partial charge is 0.317 e. The largest absolute Gasteiger partial charge is 0.496 e. The first-order chi connectivity index (χ1) is 13.1. The lowest BCUT2D eigenvalue weighted by atomic mass is 10.0. The van der Waals surface area contributed by atoms with E-state index in [1.807, 2.05) is 23.1 Å². The van der Waals surface area contributed by atoms with Crippen LogP contribution in [-0.2, 0) is 6.42 Å². The summed E-state index contributed by atoms with van der Waals surface area (Å²) in [4.78, 5) is 19.7. The van der Waals surface area contributed by atoms with E-state index in [4.69, 9.17) is 4.74 Å². The fourth-order valence-electron chi connectivity index (χ4n) is 4.20. The Kier molecular flexibility index (Phi) is 6.96. The highest BCUT2D eigenvalue weighted by molar-refractivity contribution is 5.75. The summed E-state index contributed by atoms with van der Waals surface area (Å²) in [5, 5.41) is 3.23. The second-order valence-corrected chi connectivity index (χ2v) is 7.96. The average Bonchev–Trinajstić information content (AvgIpc) is 3.12. The molecule has 2 atom stereocenters. The summed E-state index contributed by atoms with van der Waals surface area (Å²) in [7, 11) is 3.87. The molecule has 0 saturated carbocycles. The van der Waals surface area contributed by atoms with Crippen LogP contribution in [-0.4, -0.2) is 86.2 Å². The zero-order valence-electron chi connectivity index (χ0n) is 17.0. The summed E-state index contributed by atoms with van der Waals surface area (Å²) < 4.78 is 5.48. The van der Waals surface area contributed by atoms with Gasteiger partial charge in [-0.05, 0) is 44.9 Å². The molecule has 1 N–H and O–H groups in total. The number of carbonyl (C=O) groups excluding carboxylic acids is 1. The van der Waals surface area contributed by atoms with E-state index in [-0.39, 0.29) is 18.1 Å². The van der Waals surface area contributed by atoms with Gasteiger partial charge in [-0.2, -0.15) is 0 Å². The first-order valence-electron chi connectivity index (χ1n) is 10.2. The zero-order valence-corrected chi connectivity index (χ0v) is 17.0. The minimum atomic E-state index is 0.0778. The second kappa shape index (κ2) is 9.42. The van der Waals surface area contributed by atoms with Gasteiger partial charge in [0.15, 0.2) is 0 Å².